The standard InChI is InChI=1S/C13H17O4P/c1-16-18(15)8-7-12(14)13(18)10-17-9-11-5-3-2-4-6-11/h2-8,12-14H,9-10H2,1H3. The van der Waals surface area contributed by atoms with Gasteiger partial charge in [0.1, 0.15) is 0 Å². The fourth-order valence-electron chi connectivity index (χ4n) is 1.93. The number of hydrogen-bond donors (Lipinski definition) is 1. The number of benzene rings is 1. The summed E-state index contributed by atoms with van der Waals surface area (Å²) in [5, 5.41) is 9.73. The summed E-state index contributed by atoms with van der Waals surface area (Å²) in [5.74, 6) is 1.47. The molecule has 0 saturated carbocycles. The zero-order valence-electron chi connectivity index (χ0n) is 10.2. The van der Waals surface area contributed by atoms with E-state index in [1.165, 1.54) is 19.0 Å². The summed E-state index contributed by atoms with van der Waals surface area (Å²) in [7, 11) is -1.50. The Kier molecular flexibility index (Phi) is 4.36. The largest absolute Gasteiger partial charge is 0.388 e. The van der Waals surface area contributed by atoms with Gasteiger partial charge >= 0.3 is 0 Å². The Hall–Kier alpha value is -0.930. The molecule has 1 aromatic rings. The van der Waals surface area contributed by atoms with Gasteiger partial charge in [0.15, 0.2) is 0 Å². The fourth-order valence-corrected chi connectivity index (χ4v) is 3.80. The first-order chi connectivity index (χ1) is 8.65. The maximum absolute atomic E-state index is 12.2. The molecule has 0 aliphatic carbocycles. The van der Waals surface area contributed by atoms with E-state index < -0.39 is 19.1 Å². The average Bonchev–Trinajstić information content (AvgIpc) is 2.69. The van der Waals surface area contributed by atoms with Crippen LogP contribution in [0, 0.1) is 0 Å². The van der Waals surface area contributed by atoms with Crippen LogP contribution >= 0.6 is 7.37 Å². The minimum Gasteiger partial charge on any atom is -0.388 e. The summed E-state index contributed by atoms with van der Waals surface area (Å²) in [4.78, 5) is 0. The second kappa shape index (κ2) is 5.81. The van der Waals surface area contributed by atoms with Gasteiger partial charge in [-0.2, -0.15) is 0 Å². The summed E-state index contributed by atoms with van der Waals surface area (Å²) in [6.45, 7) is 0.655. The summed E-state index contributed by atoms with van der Waals surface area (Å²) in [5.41, 5.74) is 0.552. The maximum atomic E-state index is 12.2. The van der Waals surface area contributed by atoms with Crippen LogP contribution in [-0.2, 0) is 20.4 Å². The summed E-state index contributed by atoms with van der Waals surface area (Å²) >= 11 is 0. The van der Waals surface area contributed by atoms with Gasteiger partial charge in [0.2, 0.25) is 7.37 Å². The molecule has 0 bridgehead atoms. The van der Waals surface area contributed by atoms with Crippen LogP contribution in [-0.4, -0.2) is 30.6 Å². The first-order valence-corrected chi connectivity index (χ1v) is 7.56. The van der Waals surface area contributed by atoms with E-state index in [2.05, 4.69) is 0 Å². The Morgan fingerprint density at radius 2 is 2.06 bits per heavy atom. The molecule has 0 spiro atoms. The van der Waals surface area contributed by atoms with Gasteiger partial charge in [-0.05, 0) is 17.5 Å². The van der Waals surface area contributed by atoms with Crippen molar-refractivity contribution in [2.75, 3.05) is 13.7 Å². The quantitative estimate of drug-likeness (QED) is 0.833. The minimum absolute atomic E-state index is 0.216. The van der Waals surface area contributed by atoms with Crippen LogP contribution < -0.4 is 0 Å². The molecule has 0 radical (unpaired) electrons. The lowest BCUT2D eigenvalue weighted by molar-refractivity contribution is 0.0894. The lowest BCUT2D eigenvalue weighted by atomic mass is 10.2. The molecular formula is C13H17O4P. The number of aliphatic hydroxyl groups is 1. The molecule has 0 amide bonds. The monoisotopic (exact) mass is 268 g/mol. The van der Waals surface area contributed by atoms with Crippen molar-refractivity contribution in [2.45, 2.75) is 18.4 Å². The number of aliphatic hydroxyl groups excluding tert-OH is 1. The highest BCUT2D eigenvalue weighted by atomic mass is 31.2. The topological polar surface area (TPSA) is 55.8 Å². The molecule has 0 fully saturated rings. The van der Waals surface area contributed by atoms with Crippen LogP contribution in [0.1, 0.15) is 5.56 Å². The Labute approximate surface area is 107 Å². The van der Waals surface area contributed by atoms with Gasteiger partial charge in [0.25, 0.3) is 0 Å². The second-order valence-electron chi connectivity index (χ2n) is 4.23. The SMILES string of the molecule is COP1(=O)C=CC(O)C1COCc1ccccc1. The Bertz CT molecular complexity index is 457. The number of rotatable bonds is 5. The number of hydrogen-bond acceptors (Lipinski definition) is 4. The van der Waals surface area contributed by atoms with Crippen molar-refractivity contribution >= 4 is 7.37 Å². The van der Waals surface area contributed by atoms with E-state index in [4.69, 9.17) is 9.26 Å². The van der Waals surface area contributed by atoms with Crippen LogP contribution in [0.15, 0.2) is 42.2 Å². The van der Waals surface area contributed by atoms with Crippen LogP contribution in [0.25, 0.3) is 0 Å². The van der Waals surface area contributed by atoms with E-state index >= 15 is 0 Å². The van der Waals surface area contributed by atoms with Gasteiger partial charge < -0.3 is 14.4 Å². The lowest BCUT2D eigenvalue weighted by Crippen LogP contribution is -2.25. The molecule has 1 heterocycles. The molecule has 98 valence electrons. The second-order valence-corrected chi connectivity index (χ2v) is 6.85. The van der Waals surface area contributed by atoms with Gasteiger partial charge in [-0.1, -0.05) is 30.3 Å². The summed E-state index contributed by atoms with van der Waals surface area (Å²) < 4.78 is 22.7. The zero-order valence-corrected chi connectivity index (χ0v) is 11.1. The van der Waals surface area contributed by atoms with Crippen molar-refractivity contribution in [3.63, 3.8) is 0 Å². The van der Waals surface area contributed by atoms with E-state index in [1.54, 1.807) is 0 Å². The molecule has 3 unspecified atom stereocenters. The molecule has 0 saturated heterocycles. The van der Waals surface area contributed by atoms with E-state index in [9.17, 15) is 9.67 Å². The third-order valence-corrected chi connectivity index (χ3v) is 5.57. The molecule has 18 heavy (non-hydrogen) atoms. The Morgan fingerprint density at radius 1 is 1.33 bits per heavy atom. The first kappa shape index (κ1) is 13.5. The van der Waals surface area contributed by atoms with E-state index in [-0.39, 0.29) is 6.61 Å². The van der Waals surface area contributed by atoms with Crippen LogP contribution in [0.3, 0.4) is 0 Å². The maximum Gasteiger partial charge on any atom is 0.232 e. The minimum atomic E-state index is -2.89. The van der Waals surface area contributed by atoms with Crippen molar-refractivity contribution in [3.8, 4) is 0 Å². The smallest absolute Gasteiger partial charge is 0.232 e. The first-order valence-electron chi connectivity index (χ1n) is 5.80. The van der Waals surface area contributed by atoms with Crippen molar-refractivity contribution in [3.05, 3.63) is 47.8 Å². The molecule has 1 aromatic carbocycles. The van der Waals surface area contributed by atoms with Gasteiger partial charge in [0.05, 0.1) is 25.0 Å². The molecule has 2 rings (SSSR count). The predicted octanol–water partition coefficient (Wildman–Crippen LogP) is 2.38. The van der Waals surface area contributed by atoms with Crippen molar-refractivity contribution in [2.24, 2.45) is 0 Å². The van der Waals surface area contributed by atoms with Gasteiger partial charge in [0, 0.05) is 7.11 Å². The van der Waals surface area contributed by atoms with E-state index in [0.717, 1.165) is 5.56 Å². The molecule has 0 aromatic heterocycles. The van der Waals surface area contributed by atoms with Crippen molar-refractivity contribution < 1.29 is 18.9 Å². The van der Waals surface area contributed by atoms with E-state index in [0.29, 0.717) is 6.61 Å². The van der Waals surface area contributed by atoms with Gasteiger partial charge in [-0.25, -0.2) is 0 Å². The summed E-state index contributed by atoms with van der Waals surface area (Å²) in [6.07, 6.45) is 0.757. The molecule has 1 aliphatic heterocycles. The molecule has 4 nitrogen and oxygen atoms in total. The van der Waals surface area contributed by atoms with Gasteiger partial charge in [-0.15, -0.1) is 0 Å². The Morgan fingerprint density at radius 3 is 2.72 bits per heavy atom. The predicted molar refractivity (Wildman–Crippen MR) is 69.6 cm³/mol. The molecule has 1 aliphatic rings. The summed E-state index contributed by atoms with van der Waals surface area (Å²) in [6, 6.07) is 9.72. The van der Waals surface area contributed by atoms with Gasteiger partial charge in [-0.3, -0.25) is 4.57 Å². The molecule has 5 heteroatoms. The van der Waals surface area contributed by atoms with E-state index in [1.807, 2.05) is 30.3 Å². The van der Waals surface area contributed by atoms with Crippen LogP contribution in [0.4, 0.5) is 0 Å². The molecular weight excluding hydrogens is 251 g/mol. The molecule has 3 atom stereocenters. The van der Waals surface area contributed by atoms with Crippen molar-refractivity contribution in [1.29, 1.82) is 0 Å². The third kappa shape index (κ3) is 2.90. The normalized spacial score (nSPS) is 30.8. The van der Waals surface area contributed by atoms with Crippen molar-refractivity contribution in [1.82, 2.24) is 0 Å². The van der Waals surface area contributed by atoms with Crippen LogP contribution in [0.5, 0.6) is 0 Å². The lowest BCUT2D eigenvalue weighted by Gasteiger charge is -2.21. The zero-order chi connectivity index (χ0) is 13.0. The fraction of sp³-hybridized carbons (Fsp3) is 0.385. The highest BCUT2D eigenvalue weighted by Gasteiger charge is 2.40. The third-order valence-electron chi connectivity index (χ3n) is 3.03. The number of ether oxygens (including phenoxy) is 1. The molecule has 1 N–H and O–H groups in total. The average molecular weight is 268 g/mol. The van der Waals surface area contributed by atoms with Crippen LogP contribution in [0.2, 0.25) is 0 Å². The highest BCUT2D eigenvalue weighted by molar-refractivity contribution is 7.63. The Balaban J connectivity index is 1.89. The highest BCUT2D eigenvalue weighted by Crippen LogP contribution is 2.57.